The molecule has 0 N–H and O–H groups in total. The van der Waals surface area contributed by atoms with Crippen LogP contribution < -0.4 is 4.74 Å². The van der Waals surface area contributed by atoms with Crippen LogP contribution in [-0.4, -0.2) is 11.8 Å². The highest BCUT2D eigenvalue weighted by molar-refractivity contribution is 6.63. The quantitative estimate of drug-likeness (QED) is 0.489. The summed E-state index contributed by atoms with van der Waals surface area (Å²) in [6.07, 6.45) is 6.26. The van der Waals surface area contributed by atoms with Crippen molar-refractivity contribution in [2.75, 3.05) is 6.61 Å². The molecule has 3 heteroatoms. The summed E-state index contributed by atoms with van der Waals surface area (Å²) >= 11 is 5.22. The van der Waals surface area contributed by atoms with Crippen molar-refractivity contribution in [3.05, 3.63) is 29.8 Å². The summed E-state index contributed by atoms with van der Waals surface area (Å²) in [5, 5.41) is -0.478. The van der Waals surface area contributed by atoms with E-state index in [9.17, 15) is 4.79 Å². The molecule has 1 aromatic carbocycles. The maximum atomic E-state index is 10.6. The SMILES string of the molecule is CC(C)CCCCCc1ccc(OCC(=O)Cl)cc1. The summed E-state index contributed by atoms with van der Waals surface area (Å²) in [4.78, 5) is 10.6. The summed E-state index contributed by atoms with van der Waals surface area (Å²) in [6, 6.07) is 7.89. The van der Waals surface area contributed by atoms with Gasteiger partial charge < -0.3 is 4.74 Å². The average molecular weight is 283 g/mol. The fraction of sp³-hybridized carbons (Fsp3) is 0.562. The van der Waals surface area contributed by atoms with Crippen LogP contribution in [0.25, 0.3) is 0 Å². The fourth-order valence-electron chi connectivity index (χ4n) is 1.95. The highest BCUT2D eigenvalue weighted by atomic mass is 35.5. The molecule has 0 aliphatic rings. The lowest BCUT2D eigenvalue weighted by Crippen LogP contribution is -2.04. The molecule has 2 nitrogen and oxygen atoms in total. The van der Waals surface area contributed by atoms with Crippen LogP contribution in [-0.2, 0) is 11.2 Å². The van der Waals surface area contributed by atoms with Crippen LogP contribution in [0.2, 0.25) is 0 Å². The summed E-state index contributed by atoms with van der Waals surface area (Å²) < 4.78 is 5.21. The molecule has 0 amide bonds. The third-order valence-corrected chi connectivity index (χ3v) is 3.13. The van der Waals surface area contributed by atoms with Gasteiger partial charge in [-0.2, -0.15) is 0 Å². The predicted molar refractivity (Wildman–Crippen MR) is 79.8 cm³/mol. The van der Waals surface area contributed by atoms with Gasteiger partial charge in [0.1, 0.15) is 5.75 Å². The Morgan fingerprint density at radius 1 is 1.16 bits per heavy atom. The summed E-state index contributed by atoms with van der Waals surface area (Å²) in [6.45, 7) is 4.46. The number of hydrogen-bond donors (Lipinski definition) is 0. The number of halogens is 1. The molecule has 0 spiro atoms. The lowest BCUT2D eigenvalue weighted by molar-refractivity contribution is -0.113. The van der Waals surface area contributed by atoms with E-state index in [0.717, 1.165) is 12.3 Å². The number of hydrogen-bond acceptors (Lipinski definition) is 2. The number of aryl methyl sites for hydroxylation is 1. The van der Waals surface area contributed by atoms with Crippen LogP contribution in [0.5, 0.6) is 5.75 Å². The number of benzene rings is 1. The predicted octanol–water partition coefficient (Wildman–Crippen LogP) is 4.59. The van der Waals surface area contributed by atoms with E-state index in [-0.39, 0.29) is 6.61 Å². The van der Waals surface area contributed by atoms with Crippen LogP contribution in [0, 0.1) is 5.92 Å². The normalized spacial score (nSPS) is 10.7. The molecule has 0 aliphatic heterocycles. The number of ether oxygens (including phenoxy) is 1. The average Bonchev–Trinajstić information content (AvgIpc) is 2.37. The Bertz CT molecular complexity index is 371. The summed E-state index contributed by atoms with van der Waals surface area (Å²) in [5.41, 5.74) is 1.31. The fourth-order valence-corrected chi connectivity index (χ4v) is 2.01. The third-order valence-electron chi connectivity index (χ3n) is 3.02. The Kier molecular flexibility index (Phi) is 7.57. The lowest BCUT2D eigenvalue weighted by atomic mass is 10.0. The van der Waals surface area contributed by atoms with Gasteiger partial charge in [0.25, 0.3) is 5.24 Å². The number of carbonyl (C=O) groups is 1. The molecule has 0 unspecified atom stereocenters. The van der Waals surface area contributed by atoms with Crippen molar-refractivity contribution in [3.8, 4) is 5.75 Å². The molecule has 0 saturated carbocycles. The van der Waals surface area contributed by atoms with Gasteiger partial charge in [0.15, 0.2) is 6.61 Å². The topological polar surface area (TPSA) is 26.3 Å². The number of carbonyl (C=O) groups excluding carboxylic acids is 1. The second-order valence-electron chi connectivity index (χ2n) is 5.28. The second kappa shape index (κ2) is 8.98. The van der Waals surface area contributed by atoms with Crippen molar-refractivity contribution < 1.29 is 9.53 Å². The van der Waals surface area contributed by atoms with E-state index in [1.54, 1.807) is 0 Å². The van der Waals surface area contributed by atoms with Crippen molar-refractivity contribution in [2.45, 2.75) is 46.0 Å². The number of unbranched alkanes of at least 4 members (excludes halogenated alkanes) is 2. The first-order chi connectivity index (χ1) is 9.08. The monoisotopic (exact) mass is 282 g/mol. The molecule has 0 atom stereocenters. The van der Waals surface area contributed by atoms with Crippen LogP contribution in [0.15, 0.2) is 24.3 Å². The van der Waals surface area contributed by atoms with Gasteiger partial charge in [0, 0.05) is 0 Å². The largest absolute Gasteiger partial charge is 0.484 e. The van der Waals surface area contributed by atoms with Crippen LogP contribution >= 0.6 is 11.6 Å². The molecular weight excluding hydrogens is 260 g/mol. The molecule has 0 aliphatic carbocycles. The molecule has 1 rings (SSSR count). The highest BCUT2D eigenvalue weighted by Gasteiger charge is 2.00. The van der Waals surface area contributed by atoms with Gasteiger partial charge in [-0.25, -0.2) is 0 Å². The zero-order valence-electron chi connectivity index (χ0n) is 11.8. The molecular formula is C16H23ClO2. The minimum absolute atomic E-state index is 0.0733. The number of rotatable bonds is 9. The Labute approximate surface area is 121 Å². The molecule has 0 aromatic heterocycles. The maximum Gasteiger partial charge on any atom is 0.259 e. The molecule has 0 radical (unpaired) electrons. The van der Waals surface area contributed by atoms with E-state index >= 15 is 0 Å². The van der Waals surface area contributed by atoms with E-state index in [0.29, 0.717) is 5.75 Å². The van der Waals surface area contributed by atoms with Crippen molar-refractivity contribution in [2.24, 2.45) is 5.92 Å². The zero-order chi connectivity index (χ0) is 14.1. The minimum atomic E-state index is -0.478. The van der Waals surface area contributed by atoms with Gasteiger partial charge in [0.2, 0.25) is 0 Å². The lowest BCUT2D eigenvalue weighted by Gasteiger charge is -2.06. The molecule has 0 heterocycles. The summed E-state index contributed by atoms with van der Waals surface area (Å²) in [5.74, 6) is 1.50. The van der Waals surface area contributed by atoms with E-state index in [2.05, 4.69) is 26.0 Å². The van der Waals surface area contributed by atoms with Crippen molar-refractivity contribution in [1.29, 1.82) is 0 Å². The van der Waals surface area contributed by atoms with Gasteiger partial charge in [-0.1, -0.05) is 45.2 Å². The van der Waals surface area contributed by atoms with Gasteiger partial charge in [-0.15, -0.1) is 0 Å². The molecule has 0 saturated heterocycles. The van der Waals surface area contributed by atoms with Gasteiger partial charge >= 0.3 is 0 Å². The molecule has 1 aromatic rings. The maximum absolute atomic E-state index is 10.6. The summed E-state index contributed by atoms with van der Waals surface area (Å²) in [7, 11) is 0. The molecule has 0 bridgehead atoms. The Morgan fingerprint density at radius 2 is 1.84 bits per heavy atom. The van der Waals surface area contributed by atoms with Crippen molar-refractivity contribution >= 4 is 16.8 Å². The first kappa shape index (κ1) is 16.0. The van der Waals surface area contributed by atoms with Gasteiger partial charge in [-0.3, -0.25) is 4.79 Å². The van der Waals surface area contributed by atoms with Crippen molar-refractivity contribution in [1.82, 2.24) is 0 Å². The molecule has 0 fully saturated rings. The Hall–Kier alpha value is -1.02. The van der Waals surface area contributed by atoms with Crippen LogP contribution in [0.3, 0.4) is 0 Å². The third kappa shape index (κ3) is 7.89. The van der Waals surface area contributed by atoms with E-state index in [1.165, 1.54) is 31.2 Å². The zero-order valence-corrected chi connectivity index (χ0v) is 12.6. The first-order valence-corrected chi connectivity index (χ1v) is 7.36. The first-order valence-electron chi connectivity index (χ1n) is 6.98. The van der Waals surface area contributed by atoms with Gasteiger partial charge in [0.05, 0.1) is 0 Å². The van der Waals surface area contributed by atoms with Crippen LogP contribution in [0.1, 0.15) is 45.1 Å². The standard InChI is InChI=1S/C16H23ClO2/c1-13(2)6-4-3-5-7-14-8-10-15(11-9-14)19-12-16(17)18/h8-11,13H,3-7,12H2,1-2H3. The smallest absolute Gasteiger partial charge is 0.259 e. The Balaban J connectivity index is 2.22. The van der Waals surface area contributed by atoms with Gasteiger partial charge in [-0.05, 0) is 48.1 Å². The second-order valence-corrected chi connectivity index (χ2v) is 5.70. The van der Waals surface area contributed by atoms with Crippen LogP contribution in [0.4, 0.5) is 0 Å². The van der Waals surface area contributed by atoms with E-state index < -0.39 is 5.24 Å². The van der Waals surface area contributed by atoms with E-state index in [1.807, 2.05) is 12.1 Å². The molecule has 19 heavy (non-hydrogen) atoms. The highest BCUT2D eigenvalue weighted by Crippen LogP contribution is 2.15. The van der Waals surface area contributed by atoms with E-state index in [4.69, 9.17) is 16.3 Å². The Morgan fingerprint density at radius 3 is 2.42 bits per heavy atom. The molecule has 106 valence electrons. The van der Waals surface area contributed by atoms with Crippen molar-refractivity contribution in [3.63, 3.8) is 0 Å². The minimum Gasteiger partial charge on any atom is -0.484 e.